The number of likely N-dealkylation sites (N-methyl/N-ethyl adjacent to an activating group) is 1. The first-order chi connectivity index (χ1) is 14.3. The molecule has 0 bridgehead atoms. The number of hydrogen-bond acceptors (Lipinski definition) is 5. The van der Waals surface area contributed by atoms with Crippen molar-refractivity contribution in [1.29, 1.82) is 0 Å². The summed E-state index contributed by atoms with van der Waals surface area (Å²) in [5.74, 6) is -0.497. The summed E-state index contributed by atoms with van der Waals surface area (Å²) in [4.78, 5) is 31.7. The minimum Gasteiger partial charge on any atom is -0.490 e. The number of rotatable bonds is 1. The third-order valence-electron chi connectivity index (χ3n) is 6.27. The van der Waals surface area contributed by atoms with E-state index in [4.69, 9.17) is 22.1 Å². The van der Waals surface area contributed by atoms with Crippen molar-refractivity contribution in [3.05, 3.63) is 52.8 Å². The largest absolute Gasteiger partial charge is 0.490 e. The Kier molecular flexibility index (Phi) is 4.15. The van der Waals surface area contributed by atoms with Crippen molar-refractivity contribution in [2.24, 2.45) is 16.6 Å². The fraction of sp³-hybridized carbons (Fsp3) is 0.318. The molecule has 30 heavy (non-hydrogen) atoms. The van der Waals surface area contributed by atoms with Crippen molar-refractivity contribution in [2.75, 3.05) is 7.05 Å². The summed E-state index contributed by atoms with van der Waals surface area (Å²) in [7, 11) is 1.57. The standard InChI is InChI=1S/C22H19ClFN3O3/c1-27-20(29)22(26-21(27)25)16-8-11(12-6-13(23)9-14(24)7-12)2-4-18(16)30-19-5-3-15(28)10-17(19)22/h2,4,6-9,17,19H,3,5,10H2,1H3,(H2,25,26). The van der Waals surface area contributed by atoms with Crippen LogP contribution in [-0.2, 0) is 15.1 Å². The molecule has 3 aliphatic rings. The lowest BCUT2D eigenvalue weighted by molar-refractivity contribution is -0.139. The number of amides is 1. The van der Waals surface area contributed by atoms with Crippen LogP contribution >= 0.6 is 11.6 Å². The number of Topliss-reactive ketones (excluding diaryl/α,β-unsaturated/α-hetero) is 1. The van der Waals surface area contributed by atoms with Gasteiger partial charge in [0, 0.05) is 36.4 Å². The average Bonchev–Trinajstić information content (AvgIpc) is 2.93. The molecule has 2 N–H and O–H groups in total. The molecule has 154 valence electrons. The van der Waals surface area contributed by atoms with Gasteiger partial charge in [0.05, 0.1) is 0 Å². The molecule has 0 aromatic heterocycles. The van der Waals surface area contributed by atoms with Crippen LogP contribution in [0.1, 0.15) is 24.8 Å². The SMILES string of the molecule is CN1C(=O)C2(N=C1N)c1cc(-c3cc(F)cc(Cl)c3)ccc1OC1CCC(=O)CC12. The summed E-state index contributed by atoms with van der Waals surface area (Å²) in [5.41, 5.74) is 6.47. The van der Waals surface area contributed by atoms with Crippen molar-refractivity contribution in [2.45, 2.75) is 30.9 Å². The smallest absolute Gasteiger partial charge is 0.262 e. The molecule has 2 aromatic carbocycles. The predicted octanol–water partition coefficient (Wildman–Crippen LogP) is 3.26. The lowest BCUT2D eigenvalue weighted by Gasteiger charge is -2.45. The van der Waals surface area contributed by atoms with E-state index in [0.717, 1.165) is 0 Å². The van der Waals surface area contributed by atoms with Gasteiger partial charge in [0.25, 0.3) is 5.91 Å². The van der Waals surface area contributed by atoms with Crippen LogP contribution in [-0.4, -0.2) is 35.7 Å². The Bertz CT molecular complexity index is 1110. The van der Waals surface area contributed by atoms with Crippen molar-refractivity contribution >= 4 is 29.3 Å². The molecule has 2 heterocycles. The van der Waals surface area contributed by atoms with E-state index >= 15 is 0 Å². The number of fused-ring (bicyclic) bond motifs is 4. The Morgan fingerprint density at radius 1 is 1.23 bits per heavy atom. The summed E-state index contributed by atoms with van der Waals surface area (Å²) in [6.07, 6.45) is 0.821. The molecule has 2 aromatic rings. The molecule has 3 atom stereocenters. The van der Waals surface area contributed by atoms with Crippen LogP contribution in [0, 0.1) is 11.7 Å². The number of ketones is 1. The lowest BCUT2D eigenvalue weighted by Crippen LogP contribution is -2.54. The summed E-state index contributed by atoms with van der Waals surface area (Å²) < 4.78 is 20.1. The number of ether oxygens (including phenoxy) is 1. The van der Waals surface area contributed by atoms with E-state index < -0.39 is 17.3 Å². The highest BCUT2D eigenvalue weighted by Gasteiger charge is 2.61. The number of benzene rings is 2. The Labute approximate surface area is 177 Å². The maximum atomic E-state index is 13.9. The third kappa shape index (κ3) is 2.65. The minimum atomic E-state index is -1.33. The second-order valence-corrected chi connectivity index (χ2v) is 8.45. The Balaban J connectivity index is 1.73. The molecule has 1 saturated carbocycles. The van der Waals surface area contributed by atoms with Gasteiger partial charge < -0.3 is 10.5 Å². The second kappa shape index (κ2) is 6.54. The Morgan fingerprint density at radius 2 is 2.03 bits per heavy atom. The fourth-order valence-corrected chi connectivity index (χ4v) is 5.04. The van der Waals surface area contributed by atoms with Crippen LogP contribution in [0.5, 0.6) is 5.75 Å². The van der Waals surface area contributed by atoms with Gasteiger partial charge in [-0.05, 0) is 47.9 Å². The van der Waals surface area contributed by atoms with Crippen LogP contribution in [0.15, 0.2) is 41.4 Å². The maximum absolute atomic E-state index is 13.9. The molecule has 6 nitrogen and oxygen atoms in total. The first kappa shape index (κ1) is 19.1. The normalized spacial score (nSPS) is 27.6. The molecule has 1 fully saturated rings. The van der Waals surface area contributed by atoms with Gasteiger partial charge in [0.2, 0.25) is 0 Å². The zero-order valence-corrected chi connectivity index (χ0v) is 16.9. The van der Waals surface area contributed by atoms with Crippen LogP contribution in [0.3, 0.4) is 0 Å². The van der Waals surface area contributed by atoms with Gasteiger partial charge >= 0.3 is 0 Å². The molecular weight excluding hydrogens is 409 g/mol. The predicted molar refractivity (Wildman–Crippen MR) is 110 cm³/mol. The number of nitrogens with two attached hydrogens (primary N) is 1. The number of carbonyl (C=O) groups excluding carboxylic acids is 2. The summed E-state index contributed by atoms with van der Waals surface area (Å²) in [6.45, 7) is 0. The van der Waals surface area contributed by atoms with E-state index in [1.165, 1.54) is 17.0 Å². The molecule has 0 radical (unpaired) electrons. The van der Waals surface area contributed by atoms with Crippen LogP contribution in [0.2, 0.25) is 5.02 Å². The van der Waals surface area contributed by atoms with E-state index in [0.29, 0.717) is 35.3 Å². The molecule has 2 aliphatic heterocycles. The zero-order valence-electron chi connectivity index (χ0n) is 16.2. The van der Waals surface area contributed by atoms with Gasteiger partial charge in [-0.3, -0.25) is 14.5 Å². The van der Waals surface area contributed by atoms with Crippen molar-refractivity contribution in [1.82, 2.24) is 4.90 Å². The van der Waals surface area contributed by atoms with Crippen LogP contribution in [0.4, 0.5) is 4.39 Å². The van der Waals surface area contributed by atoms with Crippen molar-refractivity contribution in [3.63, 3.8) is 0 Å². The summed E-state index contributed by atoms with van der Waals surface area (Å²) in [6, 6.07) is 9.57. The van der Waals surface area contributed by atoms with E-state index in [1.54, 1.807) is 31.3 Å². The topological polar surface area (TPSA) is 85.0 Å². The van der Waals surface area contributed by atoms with Crippen molar-refractivity contribution in [3.8, 4) is 16.9 Å². The number of hydrogen-bond donors (Lipinski definition) is 1. The van der Waals surface area contributed by atoms with E-state index in [1.807, 2.05) is 0 Å². The molecule has 1 amide bonds. The van der Waals surface area contributed by atoms with Gasteiger partial charge in [0.15, 0.2) is 11.5 Å². The number of aliphatic imine (C=N–C) groups is 1. The maximum Gasteiger partial charge on any atom is 0.262 e. The summed E-state index contributed by atoms with van der Waals surface area (Å²) >= 11 is 6.03. The Morgan fingerprint density at radius 3 is 2.73 bits per heavy atom. The highest BCUT2D eigenvalue weighted by molar-refractivity contribution is 6.30. The zero-order chi connectivity index (χ0) is 21.2. The average molecular weight is 428 g/mol. The van der Waals surface area contributed by atoms with Crippen LogP contribution in [0.25, 0.3) is 11.1 Å². The van der Waals surface area contributed by atoms with Gasteiger partial charge in [-0.1, -0.05) is 17.7 Å². The van der Waals surface area contributed by atoms with Crippen molar-refractivity contribution < 1.29 is 18.7 Å². The molecule has 5 rings (SSSR count). The number of halogens is 2. The van der Waals surface area contributed by atoms with Gasteiger partial charge in [0.1, 0.15) is 23.5 Å². The first-order valence-electron chi connectivity index (χ1n) is 9.72. The Hall–Kier alpha value is -2.93. The molecule has 8 heteroatoms. The molecule has 0 saturated heterocycles. The number of nitrogens with zero attached hydrogens (tertiary/aromatic N) is 2. The fourth-order valence-electron chi connectivity index (χ4n) is 4.81. The number of guanidine groups is 1. The quantitative estimate of drug-likeness (QED) is 0.757. The highest BCUT2D eigenvalue weighted by atomic mass is 35.5. The van der Waals surface area contributed by atoms with E-state index in [-0.39, 0.29) is 35.2 Å². The minimum absolute atomic E-state index is 0.0758. The molecular formula is C22H19ClFN3O3. The van der Waals surface area contributed by atoms with E-state index in [9.17, 15) is 14.0 Å². The first-order valence-corrected chi connectivity index (χ1v) is 10.1. The second-order valence-electron chi connectivity index (χ2n) is 8.01. The monoisotopic (exact) mass is 427 g/mol. The van der Waals surface area contributed by atoms with Crippen LogP contribution < -0.4 is 10.5 Å². The number of carbonyl (C=O) groups is 2. The third-order valence-corrected chi connectivity index (χ3v) is 6.49. The molecule has 1 aliphatic carbocycles. The lowest BCUT2D eigenvalue weighted by atomic mass is 9.67. The van der Waals surface area contributed by atoms with Gasteiger partial charge in [-0.15, -0.1) is 0 Å². The van der Waals surface area contributed by atoms with E-state index in [2.05, 4.69) is 4.99 Å². The highest BCUT2D eigenvalue weighted by Crippen LogP contribution is 2.53. The van der Waals surface area contributed by atoms with Gasteiger partial charge in [-0.25, -0.2) is 9.38 Å². The summed E-state index contributed by atoms with van der Waals surface area (Å²) in [5, 5.41) is 0.269. The molecule has 1 spiro atoms. The van der Waals surface area contributed by atoms with Gasteiger partial charge in [-0.2, -0.15) is 0 Å². The molecule has 3 unspecified atom stereocenters.